The van der Waals surface area contributed by atoms with E-state index in [9.17, 15) is 27.2 Å². The van der Waals surface area contributed by atoms with Crippen molar-refractivity contribution in [3.05, 3.63) is 59.7 Å². The molecule has 1 aromatic carbocycles. The third-order valence-corrected chi connectivity index (χ3v) is 6.06. The van der Waals surface area contributed by atoms with E-state index in [1.165, 1.54) is 12.1 Å². The highest BCUT2D eigenvalue weighted by molar-refractivity contribution is 5.97. The summed E-state index contributed by atoms with van der Waals surface area (Å²) in [6, 6.07) is 10.1. The van der Waals surface area contributed by atoms with E-state index in [1.54, 1.807) is 17.2 Å². The molecule has 0 atom stereocenters. The van der Waals surface area contributed by atoms with Crippen molar-refractivity contribution in [1.82, 2.24) is 20.2 Å². The van der Waals surface area contributed by atoms with Crippen LogP contribution in [0.25, 0.3) is 22.5 Å². The van der Waals surface area contributed by atoms with Crippen molar-refractivity contribution >= 4 is 17.8 Å². The molecule has 0 aliphatic carbocycles. The maximum atomic E-state index is 14.7. The molecule has 5 rings (SSSR count). The zero-order chi connectivity index (χ0) is 28.9. The third kappa shape index (κ3) is 6.94. The number of rotatable bonds is 5. The van der Waals surface area contributed by atoms with Crippen LogP contribution in [-0.4, -0.2) is 83.4 Å². The lowest BCUT2D eigenvalue weighted by Crippen LogP contribution is -2.43. The molecule has 1 fully saturated rings. The Bertz CT molecular complexity index is 1400. The number of hydrogen-bond donors (Lipinski definition) is 3. The number of hydrogen-bond acceptors (Lipinski definition) is 6. The van der Waals surface area contributed by atoms with Gasteiger partial charge in [0.05, 0.1) is 24.5 Å². The molecule has 4 heterocycles. The first-order valence-electron chi connectivity index (χ1n) is 12.1. The summed E-state index contributed by atoms with van der Waals surface area (Å²) in [6.45, 7) is 2.41. The molecule has 3 N–H and O–H groups in total. The van der Waals surface area contributed by atoms with Gasteiger partial charge in [0.1, 0.15) is 0 Å². The van der Waals surface area contributed by atoms with E-state index >= 15 is 0 Å². The fourth-order valence-electron chi connectivity index (χ4n) is 4.03. The van der Waals surface area contributed by atoms with Crippen molar-refractivity contribution in [3.63, 3.8) is 0 Å². The molecule has 0 bridgehead atoms. The second-order valence-electron chi connectivity index (χ2n) is 8.74. The monoisotopic (exact) mass is 564 g/mol. The summed E-state index contributed by atoms with van der Waals surface area (Å²) in [5.74, 6) is -3.59. The number of H-pyrrole nitrogens is 1. The van der Waals surface area contributed by atoms with Gasteiger partial charge in [-0.25, -0.2) is 9.18 Å². The summed E-state index contributed by atoms with van der Waals surface area (Å²) in [5.41, 5.74) is 4.37. The Kier molecular flexibility index (Phi) is 8.67. The number of halogens is 4. The van der Waals surface area contributed by atoms with Crippen LogP contribution in [0.3, 0.4) is 0 Å². The number of carboxylic acids is 1. The van der Waals surface area contributed by atoms with Gasteiger partial charge in [0.25, 0.3) is 11.8 Å². The molecule has 2 aliphatic rings. The standard InChI is InChI=1S/C24H23FN4O4.C2HF3O2/c25-18-11-15(1-2-22(18)33-14-23(30)29-7-9-32-10-8-29)20-12-16(3-5-26-20)21-13-17-19(28-21)4-6-27-24(17)31;3-2(4,5)1(6)7/h1-3,5,11-13,28H,4,6-10,14H2,(H,27,31);(H,6,7). The normalized spacial score (nSPS) is 14.9. The SMILES string of the molecule is O=C(O)C(F)(F)F.O=C1NCCc2[nH]c(-c3ccnc(-c4ccc(OCC(=O)N5CCOCC5)c(F)c4)c3)cc21. The zero-order valence-corrected chi connectivity index (χ0v) is 20.9. The Labute approximate surface area is 224 Å². The van der Waals surface area contributed by atoms with Gasteiger partial charge < -0.3 is 29.8 Å². The summed E-state index contributed by atoms with van der Waals surface area (Å²) in [4.78, 5) is 42.5. The van der Waals surface area contributed by atoms with Crippen LogP contribution in [0.4, 0.5) is 17.6 Å². The topological polar surface area (TPSA) is 134 Å². The molecule has 1 saturated heterocycles. The summed E-state index contributed by atoms with van der Waals surface area (Å²) in [7, 11) is 0. The highest BCUT2D eigenvalue weighted by Gasteiger charge is 2.38. The molecule has 40 heavy (non-hydrogen) atoms. The summed E-state index contributed by atoms with van der Waals surface area (Å²) in [5, 5.41) is 9.96. The average molecular weight is 564 g/mol. The fraction of sp³-hybridized carbons (Fsp3) is 0.308. The largest absolute Gasteiger partial charge is 0.490 e. The number of fused-ring (bicyclic) bond motifs is 1. The molecule has 0 unspecified atom stereocenters. The lowest BCUT2D eigenvalue weighted by molar-refractivity contribution is -0.192. The molecule has 0 radical (unpaired) electrons. The molecule has 2 aromatic heterocycles. The highest BCUT2D eigenvalue weighted by atomic mass is 19.4. The Hall–Kier alpha value is -4.46. The van der Waals surface area contributed by atoms with Gasteiger partial charge in [-0.2, -0.15) is 13.2 Å². The average Bonchev–Trinajstić information content (AvgIpc) is 3.39. The van der Waals surface area contributed by atoms with E-state index in [2.05, 4.69) is 15.3 Å². The van der Waals surface area contributed by atoms with Gasteiger partial charge in [0.2, 0.25) is 0 Å². The Morgan fingerprint density at radius 1 is 1.10 bits per heavy atom. The first-order valence-corrected chi connectivity index (χ1v) is 12.1. The van der Waals surface area contributed by atoms with Gasteiger partial charge in [-0.05, 0) is 36.4 Å². The number of aromatic nitrogens is 2. The molecule has 2 amide bonds. The van der Waals surface area contributed by atoms with Gasteiger partial charge in [0, 0.05) is 54.8 Å². The number of aromatic amines is 1. The molecule has 0 saturated carbocycles. The molecule has 3 aromatic rings. The molecule has 0 spiro atoms. The maximum absolute atomic E-state index is 14.7. The van der Waals surface area contributed by atoms with Crippen molar-refractivity contribution < 1.29 is 46.5 Å². The van der Waals surface area contributed by atoms with Crippen LogP contribution in [0, 0.1) is 5.82 Å². The molecular formula is C26H24F4N4O6. The van der Waals surface area contributed by atoms with Crippen molar-refractivity contribution in [2.45, 2.75) is 12.6 Å². The van der Waals surface area contributed by atoms with Gasteiger partial charge in [-0.15, -0.1) is 0 Å². The van der Waals surface area contributed by atoms with Crippen LogP contribution in [0.15, 0.2) is 42.6 Å². The number of carbonyl (C=O) groups excluding carboxylic acids is 2. The van der Waals surface area contributed by atoms with Crippen LogP contribution in [0.1, 0.15) is 16.1 Å². The highest BCUT2D eigenvalue weighted by Crippen LogP contribution is 2.29. The molecule has 2 aliphatic heterocycles. The van der Waals surface area contributed by atoms with Crippen LogP contribution in [-0.2, 0) is 20.7 Å². The van der Waals surface area contributed by atoms with Crippen LogP contribution in [0.2, 0.25) is 0 Å². The van der Waals surface area contributed by atoms with E-state index in [-0.39, 0.29) is 24.2 Å². The summed E-state index contributed by atoms with van der Waals surface area (Å²) >= 11 is 0. The van der Waals surface area contributed by atoms with Gasteiger partial charge in [-0.3, -0.25) is 14.6 Å². The van der Waals surface area contributed by atoms with E-state index in [4.69, 9.17) is 19.4 Å². The molecular weight excluding hydrogens is 540 g/mol. The number of carbonyl (C=O) groups is 3. The third-order valence-electron chi connectivity index (χ3n) is 6.06. The Morgan fingerprint density at radius 3 is 2.48 bits per heavy atom. The number of aliphatic carboxylic acids is 1. The molecule has 10 nitrogen and oxygen atoms in total. The lowest BCUT2D eigenvalue weighted by Gasteiger charge is -2.26. The summed E-state index contributed by atoms with van der Waals surface area (Å²) < 4.78 is 57.1. The quantitative estimate of drug-likeness (QED) is 0.406. The lowest BCUT2D eigenvalue weighted by atomic mass is 10.1. The molecule has 14 heteroatoms. The van der Waals surface area contributed by atoms with Gasteiger partial charge in [-0.1, -0.05) is 0 Å². The van der Waals surface area contributed by atoms with E-state index in [0.717, 1.165) is 23.4 Å². The number of morpholine rings is 1. The Morgan fingerprint density at radius 2 is 1.82 bits per heavy atom. The van der Waals surface area contributed by atoms with Crippen molar-refractivity contribution in [3.8, 4) is 28.3 Å². The first kappa shape index (κ1) is 28.5. The predicted molar refractivity (Wildman–Crippen MR) is 132 cm³/mol. The number of alkyl halides is 3. The number of amides is 2. The zero-order valence-electron chi connectivity index (χ0n) is 20.9. The number of pyridine rings is 1. The Balaban J connectivity index is 0.000000470. The minimum absolute atomic E-state index is 0.0135. The maximum Gasteiger partial charge on any atom is 0.490 e. The number of ether oxygens (including phenoxy) is 2. The second-order valence-corrected chi connectivity index (χ2v) is 8.74. The minimum Gasteiger partial charge on any atom is -0.481 e. The van der Waals surface area contributed by atoms with Gasteiger partial charge >= 0.3 is 12.1 Å². The van der Waals surface area contributed by atoms with Crippen LogP contribution in [0.5, 0.6) is 5.75 Å². The van der Waals surface area contributed by atoms with E-state index in [0.29, 0.717) is 49.7 Å². The van der Waals surface area contributed by atoms with Crippen molar-refractivity contribution in [2.24, 2.45) is 0 Å². The van der Waals surface area contributed by atoms with E-state index in [1.807, 2.05) is 18.2 Å². The van der Waals surface area contributed by atoms with Crippen molar-refractivity contribution in [2.75, 3.05) is 39.5 Å². The first-order chi connectivity index (χ1) is 19.0. The number of nitrogens with one attached hydrogen (secondary N) is 2. The minimum atomic E-state index is -5.08. The summed E-state index contributed by atoms with van der Waals surface area (Å²) in [6.07, 6.45) is -2.69. The fourth-order valence-corrected chi connectivity index (χ4v) is 4.03. The number of carboxylic acid groups (broad SMARTS) is 1. The van der Waals surface area contributed by atoms with Gasteiger partial charge in [0.15, 0.2) is 18.2 Å². The smallest absolute Gasteiger partial charge is 0.481 e. The number of benzene rings is 1. The van der Waals surface area contributed by atoms with E-state index < -0.39 is 18.0 Å². The second kappa shape index (κ2) is 12.2. The predicted octanol–water partition coefficient (Wildman–Crippen LogP) is 3.04. The van der Waals surface area contributed by atoms with Crippen LogP contribution >= 0.6 is 0 Å². The van der Waals surface area contributed by atoms with Crippen LogP contribution < -0.4 is 10.1 Å². The molecule has 212 valence electrons. The number of nitrogens with zero attached hydrogens (tertiary/aromatic N) is 2. The van der Waals surface area contributed by atoms with Crippen molar-refractivity contribution in [1.29, 1.82) is 0 Å².